The van der Waals surface area contributed by atoms with Crippen molar-refractivity contribution in [3.8, 4) is 11.5 Å². The fourth-order valence-electron chi connectivity index (χ4n) is 3.40. The third kappa shape index (κ3) is 4.05. The van der Waals surface area contributed by atoms with Gasteiger partial charge in [-0.05, 0) is 47.4 Å². The molecule has 0 aromatic heterocycles. The maximum atomic E-state index is 6.65. The van der Waals surface area contributed by atoms with Crippen LogP contribution in [0.25, 0.3) is 0 Å². The summed E-state index contributed by atoms with van der Waals surface area (Å²) in [5.74, 6) is 1.64. The van der Waals surface area contributed by atoms with E-state index in [1.165, 1.54) is 0 Å². The Labute approximate surface area is 167 Å². The molecular formula is C25H27O3. The van der Waals surface area contributed by atoms with E-state index in [2.05, 4.69) is 43.3 Å². The Kier molecular flexibility index (Phi) is 6.72. The summed E-state index contributed by atoms with van der Waals surface area (Å²) in [7, 11) is 3.35. The van der Waals surface area contributed by atoms with Crippen molar-refractivity contribution in [1.29, 1.82) is 0 Å². The lowest BCUT2D eigenvalue weighted by Gasteiger charge is -2.36. The second-order valence-electron chi connectivity index (χ2n) is 6.56. The molecule has 0 amide bonds. The van der Waals surface area contributed by atoms with Gasteiger partial charge in [0.1, 0.15) is 17.1 Å². The van der Waals surface area contributed by atoms with E-state index in [4.69, 9.17) is 14.2 Å². The summed E-state index contributed by atoms with van der Waals surface area (Å²) in [6.45, 7) is 4.56. The molecule has 0 spiro atoms. The smallest absolute Gasteiger partial charge is 0.143 e. The maximum absolute atomic E-state index is 6.65. The lowest BCUT2D eigenvalue weighted by molar-refractivity contribution is 0.0118. The van der Waals surface area contributed by atoms with Gasteiger partial charge in [-0.15, -0.1) is 0 Å². The molecule has 0 bridgehead atoms. The summed E-state index contributed by atoms with van der Waals surface area (Å²) < 4.78 is 17.4. The highest BCUT2D eigenvalue weighted by atomic mass is 16.5. The number of unbranched alkanes of at least 4 members (excludes halogenated alkanes) is 1. The molecule has 3 aromatic carbocycles. The van der Waals surface area contributed by atoms with Crippen LogP contribution in [0.2, 0.25) is 0 Å². The first-order valence-corrected chi connectivity index (χ1v) is 9.52. The van der Waals surface area contributed by atoms with Gasteiger partial charge in [-0.25, -0.2) is 0 Å². The Balaban J connectivity index is 2.20. The topological polar surface area (TPSA) is 27.7 Å². The molecule has 0 unspecified atom stereocenters. The molecule has 0 aliphatic heterocycles. The van der Waals surface area contributed by atoms with Crippen molar-refractivity contribution in [2.75, 3.05) is 20.8 Å². The van der Waals surface area contributed by atoms with Crippen molar-refractivity contribution in [2.45, 2.75) is 18.4 Å². The lowest BCUT2D eigenvalue weighted by Crippen LogP contribution is -2.33. The van der Waals surface area contributed by atoms with Gasteiger partial charge < -0.3 is 14.2 Å². The Morgan fingerprint density at radius 3 is 1.57 bits per heavy atom. The highest BCUT2D eigenvalue weighted by molar-refractivity contribution is 5.49. The van der Waals surface area contributed by atoms with Crippen molar-refractivity contribution in [3.63, 3.8) is 0 Å². The highest BCUT2D eigenvalue weighted by Gasteiger charge is 2.37. The maximum Gasteiger partial charge on any atom is 0.143 e. The average Bonchev–Trinajstić information content (AvgIpc) is 2.78. The number of hydrogen-bond acceptors (Lipinski definition) is 3. The van der Waals surface area contributed by atoms with Crippen molar-refractivity contribution in [2.24, 2.45) is 0 Å². The molecule has 0 fully saturated rings. The first kappa shape index (κ1) is 20.0. The fraction of sp³-hybridized carbons (Fsp3) is 0.240. The summed E-state index contributed by atoms with van der Waals surface area (Å²) in [5, 5.41) is 0. The largest absolute Gasteiger partial charge is 0.497 e. The van der Waals surface area contributed by atoms with E-state index in [9.17, 15) is 0 Å². The van der Waals surface area contributed by atoms with E-state index < -0.39 is 5.60 Å². The van der Waals surface area contributed by atoms with E-state index >= 15 is 0 Å². The van der Waals surface area contributed by atoms with Crippen LogP contribution in [0.5, 0.6) is 11.5 Å². The van der Waals surface area contributed by atoms with Gasteiger partial charge in [0, 0.05) is 6.61 Å². The zero-order valence-corrected chi connectivity index (χ0v) is 16.6. The van der Waals surface area contributed by atoms with Crippen LogP contribution < -0.4 is 9.47 Å². The predicted octanol–water partition coefficient (Wildman–Crippen LogP) is 5.63. The first-order chi connectivity index (χ1) is 13.7. The van der Waals surface area contributed by atoms with E-state index in [1.807, 2.05) is 42.5 Å². The molecule has 0 aliphatic carbocycles. The molecule has 0 N–H and O–H groups in total. The predicted molar refractivity (Wildman–Crippen MR) is 113 cm³/mol. The van der Waals surface area contributed by atoms with Crippen molar-refractivity contribution in [3.05, 3.63) is 102 Å². The summed E-state index contributed by atoms with van der Waals surface area (Å²) in [4.78, 5) is 0. The van der Waals surface area contributed by atoms with Crippen LogP contribution in [-0.4, -0.2) is 20.8 Å². The van der Waals surface area contributed by atoms with Gasteiger partial charge in [0.25, 0.3) is 0 Å². The Morgan fingerprint density at radius 2 is 1.14 bits per heavy atom. The third-order valence-electron chi connectivity index (χ3n) is 4.89. The molecule has 3 nitrogen and oxygen atoms in total. The summed E-state index contributed by atoms with van der Waals surface area (Å²) in [5.41, 5.74) is 2.45. The second kappa shape index (κ2) is 9.43. The zero-order valence-electron chi connectivity index (χ0n) is 16.6. The first-order valence-electron chi connectivity index (χ1n) is 9.52. The third-order valence-corrected chi connectivity index (χ3v) is 4.89. The minimum absolute atomic E-state index is 0.608. The van der Waals surface area contributed by atoms with E-state index in [0.717, 1.165) is 41.0 Å². The molecule has 0 atom stereocenters. The summed E-state index contributed by atoms with van der Waals surface area (Å²) in [6.07, 6.45) is 1.72. The molecule has 0 heterocycles. The number of benzene rings is 3. The van der Waals surface area contributed by atoms with Crippen LogP contribution in [0.4, 0.5) is 0 Å². The molecular weight excluding hydrogens is 348 g/mol. The number of hydrogen-bond donors (Lipinski definition) is 0. The van der Waals surface area contributed by atoms with Gasteiger partial charge in [0.2, 0.25) is 0 Å². The van der Waals surface area contributed by atoms with Crippen LogP contribution in [0.1, 0.15) is 29.5 Å². The Bertz CT molecular complexity index is 792. The molecule has 0 saturated heterocycles. The van der Waals surface area contributed by atoms with Gasteiger partial charge in [-0.2, -0.15) is 0 Å². The van der Waals surface area contributed by atoms with Gasteiger partial charge in [0.15, 0.2) is 0 Å². The molecule has 3 heteroatoms. The van der Waals surface area contributed by atoms with Crippen LogP contribution in [-0.2, 0) is 10.3 Å². The average molecular weight is 375 g/mol. The second-order valence-corrected chi connectivity index (χ2v) is 6.56. The normalized spacial score (nSPS) is 11.2. The fourth-order valence-corrected chi connectivity index (χ4v) is 3.40. The molecule has 145 valence electrons. The van der Waals surface area contributed by atoms with Gasteiger partial charge in [0.05, 0.1) is 14.2 Å². The van der Waals surface area contributed by atoms with Crippen molar-refractivity contribution >= 4 is 0 Å². The van der Waals surface area contributed by atoms with Gasteiger partial charge in [-0.1, -0.05) is 67.9 Å². The van der Waals surface area contributed by atoms with Crippen LogP contribution in [0.15, 0.2) is 78.9 Å². The van der Waals surface area contributed by atoms with Gasteiger partial charge >= 0.3 is 0 Å². The summed E-state index contributed by atoms with van der Waals surface area (Å²) in [6, 6.07) is 26.5. The zero-order chi connectivity index (χ0) is 19.8. The molecule has 28 heavy (non-hydrogen) atoms. The van der Waals surface area contributed by atoms with E-state index in [-0.39, 0.29) is 0 Å². The van der Waals surface area contributed by atoms with Crippen molar-refractivity contribution < 1.29 is 14.2 Å². The molecule has 0 aliphatic rings. The number of methoxy groups -OCH3 is 2. The standard InChI is InChI=1S/C25H27O3/c1-4-5-19-28-25(20-9-7-6-8-10-20,21-11-15-23(26-2)16-12-21)22-13-17-24(27-3)18-14-22/h6-18H,1,4-5,19H2,2-3H3. The number of ether oxygens (including phenoxy) is 3. The summed E-state index contributed by atoms with van der Waals surface area (Å²) >= 11 is 0. The highest BCUT2D eigenvalue weighted by Crippen LogP contribution is 2.41. The minimum Gasteiger partial charge on any atom is -0.497 e. The van der Waals surface area contributed by atoms with Gasteiger partial charge in [-0.3, -0.25) is 0 Å². The molecule has 0 saturated carbocycles. The Morgan fingerprint density at radius 1 is 0.679 bits per heavy atom. The van der Waals surface area contributed by atoms with Crippen molar-refractivity contribution in [1.82, 2.24) is 0 Å². The minimum atomic E-state index is -0.727. The quantitative estimate of drug-likeness (QED) is 0.358. The van der Waals surface area contributed by atoms with Crippen LogP contribution in [0, 0.1) is 6.92 Å². The molecule has 3 aromatic rings. The molecule has 3 rings (SSSR count). The lowest BCUT2D eigenvalue weighted by atomic mass is 9.80. The molecule has 1 radical (unpaired) electrons. The Hall–Kier alpha value is -2.78. The number of rotatable bonds is 9. The SMILES string of the molecule is [CH2]CCCOC(c1ccccc1)(c1ccc(OC)cc1)c1ccc(OC)cc1. The monoisotopic (exact) mass is 375 g/mol. The van der Waals surface area contributed by atoms with Crippen LogP contribution in [0.3, 0.4) is 0 Å². The van der Waals surface area contributed by atoms with E-state index in [0.29, 0.717) is 6.61 Å². The van der Waals surface area contributed by atoms with E-state index in [1.54, 1.807) is 14.2 Å². The van der Waals surface area contributed by atoms with Crippen LogP contribution >= 0.6 is 0 Å².